The first-order valence-corrected chi connectivity index (χ1v) is 7.01. The summed E-state index contributed by atoms with van der Waals surface area (Å²) >= 11 is 0. The molecule has 0 aromatic rings. The Kier molecular flexibility index (Phi) is 9.29. The van der Waals surface area contributed by atoms with Gasteiger partial charge in [-0.2, -0.15) is 0 Å². The molecular weight excluding hydrogens is 232 g/mol. The second-order valence-electron chi connectivity index (χ2n) is 6.22. The third kappa shape index (κ3) is 8.01. The van der Waals surface area contributed by atoms with Crippen LogP contribution in [0.1, 0.15) is 40.5 Å². The van der Waals surface area contributed by atoms with Crippen LogP contribution in [0.25, 0.3) is 0 Å². The van der Waals surface area contributed by atoms with E-state index in [4.69, 9.17) is 0 Å². The van der Waals surface area contributed by atoms with Crippen LogP contribution in [-0.2, 0) is 0 Å². The maximum absolute atomic E-state index is 3.52. The molecule has 17 heavy (non-hydrogen) atoms. The molecule has 104 valence electrons. The Morgan fingerprint density at radius 3 is 2.12 bits per heavy atom. The number of hydrogen-bond donors (Lipinski definition) is 1. The lowest BCUT2D eigenvalue weighted by Gasteiger charge is -2.32. The van der Waals surface area contributed by atoms with E-state index in [-0.39, 0.29) is 12.4 Å². The lowest BCUT2D eigenvalue weighted by Crippen LogP contribution is -2.41. The summed E-state index contributed by atoms with van der Waals surface area (Å²) < 4.78 is 0. The smallest absolute Gasteiger partial charge is 0.00220 e. The summed E-state index contributed by atoms with van der Waals surface area (Å²) in [6, 6.07) is 0. The topological polar surface area (TPSA) is 15.3 Å². The fourth-order valence-electron chi connectivity index (χ4n) is 2.70. The molecule has 1 heterocycles. The summed E-state index contributed by atoms with van der Waals surface area (Å²) in [5.41, 5.74) is 0. The zero-order valence-corrected chi connectivity index (χ0v) is 12.9. The van der Waals surface area contributed by atoms with Crippen molar-refractivity contribution in [3.8, 4) is 0 Å². The van der Waals surface area contributed by atoms with Gasteiger partial charge >= 0.3 is 0 Å². The Bertz CT molecular complexity index is 167. The van der Waals surface area contributed by atoms with Crippen LogP contribution in [0.4, 0.5) is 0 Å². The Hall–Kier alpha value is 0.210. The zero-order chi connectivity index (χ0) is 12.0. The Labute approximate surface area is 114 Å². The van der Waals surface area contributed by atoms with Crippen LogP contribution in [0, 0.1) is 17.8 Å². The van der Waals surface area contributed by atoms with Crippen LogP contribution < -0.4 is 5.32 Å². The predicted molar refractivity (Wildman–Crippen MR) is 79.0 cm³/mol. The van der Waals surface area contributed by atoms with Crippen molar-refractivity contribution in [1.29, 1.82) is 0 Å². The maximum Gasteiger partial charge on any atom is 0.00220 e. The Morgan fingerprint density at radius 2 is 1.71 bits per heavy atom. The van der Waals surface area contributed by atoms with Crippen molar-refractivity contribution in [2.75, 3.05) is 32.7 Å². The third-order valence-corrected chi connectivity index (χ3v) is 3.16. The fourth-order valence-corrected chi connectivity index (χ4v) is 2.70. The molecule has 0 aromatic heterocycles. The van der Waals surface area contributed by atoms with Gasteiger partial charge in [-0.05, 0) is 43.7 Å². The van der Waals surface area contributed by atoms with Crippen molar-refractivity contribution >= 4 is 12.4 Å². The number of hydrogen-bond acceptors (Lipinski definition) is 2. The van der Waals surface area contributed by atoms with Gasteiger partial charge in [-0.3, -0.25) is 0 Å². The van der Waals surface area contributed by atoms with Crippen LogP contribution in [-0.4, -0.2) is 37.6 Å². The van der Waals surface area contributed by atoms with Crippen LogP contribution >= 0.6 is 12.4 Å². The van der Waals surface area contributed by atoms with Crippen LogP contribution in [0.15, 0.2) is 0 Å². The average Bonchev–Trinajstić information content (AvgIpc) is 2.16. The predicted octanol–water partition coefficient (Wildman–Crippen LogP) is 3.02. The highest BCUT2D eigenvalue weighted by Crippen LogP contribution is 2.14. The van der Waals surface area contributed by atoms with E-state index in [2.05, 4.69) is 37.9 Å². The van der Waals surface area contributed by atoms with Crippen molar-refractivity contribution in [2.24, 2.45) is 17.8 Å². The first-order chi connectivity index (χ1) is 7.58. The molecule has 0 aromatic carbocycles. The van der Waals surface area contributed by atoms with Crippen molar-refractivity contribution in [2.45, 2.75) is 40.5 Å². The van der Waals surface area contributed by atoms with Gasteiger partial charge in [-0.15, -0.1) is 12.4 Å². The minimum Gasteiger partial charge on any atom is -0.316 e. The average molecular weight is 263 g/mol. The quantitative estimate of drug-likeness (QED) is 0.792. The molecule has 1 rings (SSSR count). The number of nitrogens with one attached hydrogen (secondary N) is 1. The standard InChI is InChI=1S/C14H30N2.ClH/c1-12(2)9-16(10-13(3)4)11-14-6-5-7-15-8-14;/h12-15H,5-11H2,1-4H3;1H. The molecule has 0 amide bonds. The molecule has 1 aliphatic heterocycles. The monoisotopic (exact) mass is 262 g/mol. The highest BCUT2D eigenvalue weighted by Gasteiger charge is 2.18. The van der Waals surface area contributed by atoms with E-state index in [0.717, 1.165) is 17.8 Å². The molecule has 1 unspecified atom stereocenters. The van der Waals surface area contributed by atoms with Gasteiger partial charge in [0.25, 0.3) is 0 Å². The van der Waals surface area contributed by atoms with E-state index in [1.54, 1.807) is 0 Å². The third-order valence-electron chi connectivity index (χ3n) is 3.16. The van der Waals surface area contributed by atoms with E-state index in [1.165, 1.54) is 45.6 Å². The molecule has 0 bridgehead atoms. The van der Waals surface area contributed by atoms with E-state index >= 15 is 0 Å². The normalized spacial score (nSPS) is 21.0. The number of nitrogens with zero attached hydrogens (tertiary/aromatic N) is 1. The van der Waals surface area contributed by atoms with Gasteiger partial charge in [0, 0.05) is 19.6 Å². The van der Waals surface area contributed by atoms with E-state index in [0.29, 0.717) is 0 Å². The molecule has 1 saturated heterocycles. The summed E-state index contributed by atoms with van der Waals surface area (Å²) in [5, 5.41) is 3.52. The van der Waals surface area contributed by atoms with E-state index in [9.17, 15) is 0 Å². The second kappa shape index (κ2) is 9.18. The minimum atomic E-state index is 0. The van der Waals surface area contributed by atoms with E-state index < -0.39 is 0 Å². The Morgan fingerprint density at radius 1 is 1.12 bits per heavy atom. The fraction of sp³-hybridized carbons (Fsp3) is 1.00. The molecule has 1 aliphatic rings. The van der Waals surface area contributed by atoms with Crippen molar-refractivity contribution in [3.05, 3.63) is 0 Å². The van der Waals surface area contributed by atoms with Gasteiger partial charge in [0.05, 0.1) is 0 Å². The Balaban J connectivity index is 0.00000256. The van der Waals surface area contributed by atoms with E-state index in [1.807, 2.05) is 0 Å². The van der Waals surface area contributed by atoms with Crippen LogP contribution in [0.2, 0.25) is 0 Å². The first-order valence-electron chi connectivity index (χ1n) is 7.01. The second-order valence-corrected chi connectivity index (χ2v) is 6.22. The molecule has 1 fully saturated rings. The molecule has 3 heteroatoms. The summed E-state index contributed by atoms with van der Waals surface area (Å²) in [7, 11) is 0. The number of halogens is 1. The lowest BCUT2D eigenvalue weighted by molar-refractivity contribution is 0.173. The van der Waals surface area contributed by atoms with Crippen molar-refractivity contribution in [3.63, 3.8) is 0 Å². The largest absolute Gasteiger partial charge is 0.316 e. The maximum atomic E-state index is 3.52. The van der Waals surface area contributed by atoms with Crippen LogP contribution in [0.3, 0.4) is 0 Å². The summed E-state index contributed by atoms with van der Waals surface area (Å²) in [4.78, 5) is 2.67. The van der Waals surface area contributed by atoms with Gasteiger partial charge < -0.3 is 10.2 Å². The van der Waals surface area contributed by atoms with Gasteiger partial charge in [0.1, 0.15) is 0 Å². The summed E-state index contributed by atoms with van der Waals surface area (Å²) in [5.74, 6) is 2.46. The lowest BCUT2D eigenvalue weighted by atomic mass is 9.98. The van der Waals surface area contributed by atoms with Gasteiger partial charge in [-0.25, -0.2) is 0 Å². The zero-order valence-electron chi connectivity index (χ0n) is 12.0. The first kappa shape index (κ1) is 17.2. The van der Waals surface area contributed by atoms with Gasteiger partial charge in [0.2, 0.25) is 0 Å². The van der Waals surface area contributed by atoms with Gasteiger partial charge in [0.15, 0.2) is 0 Å². The summed E-state index contributed by atoms with van der Waals surface area (Å²) in [6.07, 6.45) is 2.78. The molecule has 0 aliphatic carbocycles. The number of piperidine rings is 1. The summed E-state index contributed by atoms with van der Waals surface area (Å²) in [6.45, 7) is 15.6. The molecular formula is C14H31ClN2. The van der Waals surface area contributed by atoms with Crippen molar-refractivity contribution in [1.82, 2.24) is 10.2 Å². The SMILES string of the molecule is CC(C)CN(CC(C)C)CC1CCCNC1.Cl. The highest BCUT2D eigenvalue weighted by atomic mass is 35.5. The van der Waals surface area contributed by atoms with Crippen LogP contribution in [0.5, 0.6) is 0 Å². The molecule has 2 nitrogen and oxygen atoms in total. The molecule has 1 atom stereocenters. The molecule has 0 radical (unpaired) electrons. The van der Waals surface area contributed by atoms with Crippen molar-refractivity contribution < 1.29 is 0 Å². The highest BCUT2D eigenvalue weighted by molar-refractivity contribution is 5.85. The molecule has 1 N–H and O–H groups in total. The molecule has 0 saturated carbocycles. The molecule has 0 spiro atoms. The number of rotatable bonds is 6. The van der Waals surface area contributed by atoms with Gasteiger partial charge in [-0.1, -0.05) is 27.7 Å². The minimum absolute atomic E-state index is 0.